The predicted molar refractivity (Wildman–Crippen MR) is 105 cm³/mol. The molecule has 1 aliphatic rings. The number of carbonyl (C=O) groups excluding carboxylic acids is 1. The molecular formula is C21H24N4O. The van der Waals surface area contributed by atoms with Gasteiger partial charge in [0.05, 0.1) is 11.0 Å². The van der Waals surface area contributed by atoms with Crippen molar-refractivity contribution in [2.45, 2.75) is 19.3 Å². The maximum absolute atomic E-state index is 12.7. The van der Waals surface area contributed by atoms with E-state index in [1.54, 1.807) is 0 Å². The number of para-hydroxylation sites is 2. The van der Waals surface area contributed by atoms with Crippen molar-refractivity contribution in [2.75, 3.05) is 11.9 Å². The lowest BCUT2D eigenvalue weighted by molar-refractivity contribution is -0.120. The first kappa shape index (κ1) is 16.8. The molecule has 1 aromatic heterocycles. The van der Waals surface area contributed by atoms with Gasteiger partial charge in [-0.25, -0.2) is 4.98 Å². The Balaban J connectivity index is 1.60. The summed E-state index contributed by atoms with van der Waals surface area (Å²) in [5.74, 6) is 1.31. The molecule has 134 valence electrons. The van der Waals surface area contributed by atoms with Crippen LogP contribution < -0.4 is 11.1 Å². The average molecular weight is 348 g/mol. The molecule has 26 heavy (non-hydrogen) atoms. The van der Waals surface area contributed by atoms with Crippen LogP contribution in [0.15, 0.2) is 48.5 Å². The Bertz CT molecular complexity index is 946. The van der Waals surface area contributed by atoms with E-state index in [-0.39, 0.29) is 11.8 Å². The van der Waals surface area contributed by atoms with Crippen molar-refractivity contribution < 1.29 is 4.79 Å². The van der Waals surface area contributed by atoms with Crippen LogP contribution in [0.3, 0.4) is 0 Å². The third-order valence-electron chi connectivity index (χ3n) is 5.47. The predicted octanol–water partition coefficient (Wildman–Crippen LogP) is 3.55. The lowest BCUT2D eigenvalue weighted by Gasteiger charge is -2.17. The Morgan fingerprint density at radius 3 is 2.88 bits per heavy atom. The van der Waals surface area contributed by atoms with E-state index in [0.717, 1.165) is 47.4 Å². The maximum atomic E-state index is 12.7. The molecule has 1 saturated carbocycles. The summed E-state index contributed by atoms with van der Waals surface area (Å²) < 4.78 is 2.08. The first-order chi connectivity index (χ1) is 12.7. The van der Waals surface area contributed by atoms with E-state index < -0.39 is 0 Å². The molecule has 0 radical (unpaired) electrons. The lowest BCUT2D eigenvalue weighted by atomic mass is 9.95. The molecule has 2 aromatic carbocycles. The van der Waals surface area contributed by atoms with Crippen molar-refractivity contribution in [1.82, 2.24) is 9.55 Å². The number of nitrogens with one attached hydrogen (secondary N) is 1. The lowest BCUT2D eigenvalue weighted by Crippen LogP contribution is -2.29. The van der Waals surface area contributed by atoms with Gasteiger partial charge in [-0.05, 0) is 49.6 Å². The van der Waals surface area contributed by atoms with Crippen LogP contribution in [0.1, 0.15) is 19.3 Å². The highest BCUT2D eigenvalue weighted by Crippen LogP contribution is 2.32. The van der Waals surface area contributed by atoms with Crippen LogP contribution in [-0.2, 0) is 11.8 Å². The summed E-state index contributed by atoms with van der Waals surface area (Å²) in [5.41, 5.74) is 9.67. The molecule has 5 heteroatoms. The van der Waals surface area contributed by atoms with Crippen molar-refractivity contribution in [3.05, 3.63) is 48.5 Å². The standard InChI is InChI=1S/C21H24N4O/c1-25-19-11-3-2-10-18(19)24-20(25)14-6-4-8-16(12-14)23-21(26)17-9-5-7-15(17)13-22/h2-4,6,8,10-12,15,17H,5,7,9,13,22H2,1H3,(H,23,26)/t15-,17-/m1/s1. The first-order valence-electron chi connectivity index (χ1n) is 9.20. The molecule has 0 spiro atoms. The molecule has 3 aromatic rings. The van der Waals surface area contributed by atoms with E-state index in [0.29, 0.717) is 12.5 Å². The third kappa shape index (κ3) is 2.99. The molecule has 5 nitrogen and oxygen atoms in total. The summed E-state index contributed by atoms with van der Waals surface area (Å²) >= 11 is 0. The second kappa shape index (κ2) is 6.92. The molecule has 0 unspecified atom stereocenters. The van der Waals surface area contributed by atoms with Crippen LogP contribution in [0.4, 0.5) is 5.69 Å². The quantitative estimate of drug-likeness (QED) is 0.757. The number of nitrogens with zero attached hydrogens (tertiary/aromatic N) is 2. The van der Waals surface area contributed by atoms with Crippen LogP contribution >= 0.6 is 0 Å². The van der Waals surface area contributed by atoms with Gasteiger partial charge >= 0.3 is 0 Å². The number of benzene rings is 2. The van der Waals surface area contributed by atoms with Crippen LogP contribution in [0.2, 0.25) is 0 Å². The van der Waals surface area contributed by atoms with Crippen molar-refractivity contribution in [3.8, 4) is 11.4 Å². The molecule has 1 aliphatic carbocycles. The number of aryl methyl sites for hydroxylation is 1. The van der Waals surface area contributed by atoms with Gasteiger partial charge in [0.1, 0.15) is 5.82 Å². The normalized spacial score (nSPS) is 19.8. The number of imidazole rings is 1. The summed E-state index contributed by atoms with van der Waals surface area (Å²) in [7, 11) is 2.01. The summed E-state index contributed by atoms with van der Waals surface area (Å²) in [6.45, 7) is 0.581. The number of carbonyl (C=O) groups is 1. The molecule has 1 heterocycles. The first-order valence-corrected chi connectivity index (χ1v) is 9.20. The average Bonchev–Trinajstić information content (AvgIpc) is 3.27. The minimum atomic E-state index is 0.0272. The van der Waals surface area contributed by atoms with Gasteiger partial charge in [0.2, 0.25) is 5.91 Å². The smallest absolute Gasteiger partial charge is 0.227 e. The topological polar surface area (TPSA) is 72.9 Å². The highest BCUT2D eigenvalue weighted by Gasteiger charge is 2.31. The second-order valence-electron chi connectivity index (χ2n) is 7.09. The number of rotatable bonds is 4. The number of aromatic nitrogens is 2. The van der Waals surface area contributed by atoms with Gasteiger partial charge in [0.15, 0.2) is 0 Å². The number of nitrogens with two attached hydrogens (primary N) is 1. The van der Waals surface area contributed by atoms with Gasteiger partial charge in [0.25, 0.3) is 0 Å². The van der Waals surface area contributed by atoms with Gasteiger partial charge in [-0.2, -0.15) is 0 Å². The molecule has 1 amide bonds. The second-order valence-corrected chi connectivity index (χ2v) is 7.09. The van der Waals surface area contributed by atoms with Crippen LogP contribution in [0.5, 0.6) is 0 Å². The monoisotopic (exact) mass is 348 g/mol. The van der Waals surface area contributed by atoms with E-state index in [1.807, 2.05) is 49.5 Å². The summed E-state index contributed by atoms with van der Waals surface area (Å²) in [6, 6.07) is 16.0. The number of fused-ring (bicyclic) bond motifs is 1. The molecule has 2 atom stereocenters. The Morgan fingerprint density at radius 1 is 1.23 bits per heavy atom. The van der Waals surface area contributed by atoms with Crippen LogP contribution in [0, 0.1) is 11.8 Å². The number of amides is 1. The number of anilines is 1. The Morgan fingerprint density at radius 2 is 2.08 bits per heavy atom. The van der Waals surface area contributed by atoms with E-state index in [2.05, 4.69) is 16.0 Å². The van der Waals surface area contributed by atoms with Crippen molar-refractivity contribution in [2.24, 2.45) is 24.6 Å². The Kier molecular flexibility index (Phi) is 4.47. The molecule has 0 aliphatic heterocycles. The number of hydrogen-bond donors (Lipinski definition) is 2. The zero-order valence-electron chi connectivity index (χ0n) is 15.0. The van der Waals surface area contributed by atoms with E-state index in [9.17, 15) is 4.79 Å². The van der Waals surface area contributed by atoms with Crippen molar-refractivity contribution >= 4 is 22.6 Å². The van der Waals surface area contributed by atoms with Crippen LogP contribution in [0.25, 0.3) is 22.4 Å². The fourth-order valence-corrected chi connectivity index (χ4v) is 4.04. The highest BCUT2D eigenvalue weighted by molar-refractivity contribution is 5.93. The maximum Gasteiger partial charge on any atom is 0.227 e. The molecule has 1 fully saturated rings. The van der Waals surface area contributed by atoms with Gasteiger partial charge in [-0.15, -0.1) is 0 Å². The van der Waals surface area contributed by atoms with Crippen LogP contribution in [-0.4, -0.2) is 22.0 Å². The molecule has 4 rings (SSSR count). The minimum Gasteiger partial charge on any atom is -0.330 e. The molecule has 0 saturated heterocycles. The van der Waals surface area contributed by atoms with E-state index >= 15 is 0 Å². The van der Waals surface area contributed by atoms with Gasteiger partial charge < -0.3 is 15.6 Å². The van der Waals surface area contributed by atoms with Gasteiger partial charge in [-0.3, -0.25) is 4.79 Å². The third-order valence-corrected chi connectivity index (χ3v) is 5.47. The largest absolute Gasteiger partial charge is 0.330 e. The SMILES string of the molecule is Cn1c(-c2cccc(NC(=O)[C@@H]3CCC[C@@H]3CN)c2)nc2ccccc21. The molecule has 0 bridgehead atoms. The summed E-state index contributed by atoms with van der Waals surface area (Å²) in [4.78, 5) is 17.4. The Labute approximate surface area is 153 Å². The zero-order valence-corrected chi connectivity index (χ0v) is 15.0. The van der Waals surface area contributed by atoms with Gasteiger partial charge in [-0.1, -0.05) is 30.7 Å². The highest BCUT2D eigenvalue weighted by atomic mass is 16.1. The van der Waals surface area contributed by atoms with E-state index in [4.69, 9.17) is 10.7 Å². The number of hydrogen-bond acceptors (Lipinski definition) is 3. The summed E-state index contributed by atoms with van der Waals surface area (Å²) in [5, 5.41) is 3.08. The molecular weight excluding hydrogens is 324 g/mol. The fraction of sp³-hybridized carbons (Fsp3) is 0.333. The minimum absolute atomic E-state index is 0.0272. The van der Waals surface area contributed by atoms with E-state index in [1.165, 1.54) is 0 Å². The van der Waals surface area contributed by atoms with Crippen molar-refractivity contribution in [1.29, 1.82) is 0 Å². The molecule has 3 N–H and O–H groups in total. The fourth-order valence-electron chi connectivity index (χ4n) is 4.04. The zero-order chi connectivity index (χ0) is 18.1. The van der Waals surface area contributed by atoms with Crippen molar-refractivity contribution in [3.63, 3.8) is 0 Å². The Hall–Kier alpha value is -2.66. The summed E-state index contributed by atoms with van der Waals surface area (Å²) in [6.07, 6.45) is 3.06. The van der Waals surface area contributed by atoms with Gasteiger partial charge in [0, 0.05) is 24.2 Å².